The number of thioether (sulfide) groups is 1. The molecule has 3 heteroatoms. The van der Waals surface area contributed by atoms with Crippen molar-refractivity contribution in [3.63, 3.8) is 0 Å². The fourth-order valence-electron chi connectivity index (χ4n) is 2.15. The first-order valence-electron chi connectivity index (χ1n) is 4.83. The van der Waals surface area contributed by atoms with E-state index in [9.17, 15) is 0 Å². The van der Waals surface area contributed by atoms with E-state index in [1.54, 1.807) is 0 Å². The minimum Gasteiger partial charge on any atom is -0.396 e. The van der Waals surface area contributed by atoms with Crippen molar-refractivity contribution in [3.05, 3.63) is 0 Å². The van der Waals surface area contributed by atoms with Crippen LogP contribution in [0.5, 0.6) is 0 Å². The summed E-state index contributed by atoms with van der Waals surface area (Å²) < 4.78 is 0. The summed E-state index contributed by atoms with van der Waals surface area (Å²) in [5.41, 5.74) is 0. The predicted octanol–water partition coefficient (Wildman–Crippen LogP) is 0.806. The Kier molecular flexibility index (Phi) is 2.94. The van der Waals surface area contributed by atoms with E-state index in [2.05, 4.69) is 16.7 Å². The van der Waals surface area contributed by atoms with Crippen molar-refractivity contribution < 1.29 is 5.11 Å². The van der Waals surface area contributed by atoms with E-state index in [-0.39, 0.29) is 0 Å². The maximum Gasteiger partial charge on any atom is 0.0471 e. The zero-order valence-corrected chi connectivity index (χ0v) is 8.22. The molecular formula is C9H17NOS. The third-order valence-electron chi connectivity index (χ3n) is 3.00. The highest BCUT2D eigenvalue weighted by molar-refractivity contribution is 7.99. The highest BCUT2D eigenvalue weighted by Crippen LogP contribution is 2.27. The quantitative estimate of drug-likeness (QED) is 0.692. The molecule has 0 aromatic heterocycles. The van der Waals surface area contributed by atoms with E-state index in [0.717, 1.165) is 12.6 Å². The number of aliphatic hydroxyl groups is 1. The number of hydrogen-bond donors (Lipinski definition) is 1. The molecule has 1 N–H and O–H groups in total. The van der Waals surface area contributed by atoms with Crippen LogP contribution in [0, 0.1) is 5.92 Å². The fourth-order valence-corrected chi connectivity index (χ4v) is 3.41. The lowest BCUT2D eigenvalue weighted by atomic mass is 10.1. The molecule has 70 valence electrons. The van der Waals surface area contributed by atoms with E-state index >= 15 is 0 Å². The molecule has 0 aromatic carbocycles. The molecule has 2 nitrogen and oxygen atoms in total. The molecule has 0 aliphatic carbocycles. The van der Waals surface area contributed by atoms with E-state index in [0.29, 0.717) is 12.5 Å². The van der Waals surface area contributed by atoms with Gasteiger partial charge in [0.05, 0.1) is 0 Å². The van der Waals surface area contributed by atoms with E-state index in [1.165, 1.54) is 30.9 Å². The highest BCUT2D eigenvalue weighted by Gasteiger charge is 2.29. The maximum atomic E-state index is 8.99. The Morgan fingerprint density at radius 2 is 2.33 bits per heavy atom. The molecule has 0 spiro atoms. The Morgan fingerprint density at radius 1 is 1.42 bits per heavy atom. The van der Waals surface area contributed by atoms with Gasteiger partial charge in [0, 0.05) is 24.9 Å². The summed E-state index contributed by atoms with van der Waals surface area (Å²) in [7, 11) is 0. The summed E-state index contributed by atoms with van der Waals surface area (Å²) in [5.74, 6) is 3.22. The van der Waals surface area contributed by atoms with Gasteiger partial charge in [0.15, 0.2) is 0 Å². The first kappa shape index (κ1) is 8.85. The van der Waals surface area contributed by atoms with Crippen molar-refractivity contribution in [1.29, 1.82) is 0 Å². The van der Waals surface area contributed by atoms with E-state index in [1.807, 2.05) is 0 Å². The Labute approximate surface area is 78.3 Å². The van der Waals surface area contributed by atoms with Crippen molar-refractivity contribution in [1.82, 2.24) is 4.90 Å². The van der Waals surface area contributed by atoms with Gasteiger partial charge < -0.3 is 5.11 Å². The van der Waals surface area contributed by atoms with Gasteiger partial charge in [-0.2, -0.15) is 11.8 Å². The number of nitrogens with zero attached hydrogens (tertiary/aromatic N) is 1. The zero-order valence-electron chi connectivity index (χ0n) is 7.41. The summed E-state index contributed by atoms with van der Waals surface area (Å²) >= 11 is 2.07. The van der Waals surface area contributed by atoms with Gasteiger partial charge in [-0.25, -0.2) is 0 Å². The van der Waals surface area contributed by atoms with Crippen molar-refractivity contribution in [3.8, 4) is 0 Å². The molecule has 0 saturated carbocycles. The van der Waals surface area contributed by atoms with Crippen LogP contribution in [0.25, 0.3) is 0 Å². The number of likely N-dealkylation sites (tertiary alicyclic amines) is 1. The summed E-state index contributed by atoms with van der Waals surface area (Å²) in [6, 6.07) is 0.826. The lowest BCUT2D eigenvalue weighted by Gasteiger charge is -2.22. The van der Waals surface area contributed by atoms with Crippen LogP contribution in [0.1, 0.15) is 12.8 Å². The van der Waals surface area contributed by atoms with Gasteiger partial charge in [0.25, 0.3) is 0 Å². The Balaban J connectivity index is 1.81. The van der Waals surface area contributed by atoms with E-state index < -0.39 is 0 Å². The molecule has 0 bridgehead atoms. The minimum atomic E-state index is 0.385. The summed E-state index contributed by atoms with van der Waals surface area (Å²) in [5, 5.41) is 8.99. The molecular weight excluding hydrogens is 170 g/mol. The SMILES string of the molecule is OCC1CCN(C2CCSC2)C1. The van der Waals surface area contributed by atoms with Gasteiger partial charge in [-0.3, -0.25) is 4.90 Å². The Hall–Kier alpha value is 0.270. The van der Waals surface area contributed by atoms with Crippen LogP contribution in [-0.4, -0.2) is 47.3 Å². The lowest BCUT2D eigenvalue weighted by molar-refractivity contribution is 0.205. The van der Waals surface area contributed by atoms with Crippen LogP contribution in [0.2, 0.25) is 0 Å². The van der Waals surface area contributed by atoms with Crippen LogP contribution in [-0.2, 0) is 0 Å². The van der Waals surface area contributed by atoms with Crippen LogP contribution < -0.4 is 0 Å². The van der Waals surface area contributed by atoms with Gasteiger partial charge >= 0.3 is 0 Å². The van der Waals surface area contributed by atoms with Gasteiger partial charge in [0.1, 0.15) is 0 Å². The monoisotopic (exact) mass is 187 g/mol. The molecule has 2 heterocycles. The third-order valence-corrected chi connectivity index (χ3v) is 4.14. The highest BCUT2D eigenvalue weighted by atomic mass is 32.2. The molecule has 2 saturated heterocycles. The standard InChI is InChI=1S/C9H17NOS/c11-6-8-1-3-10(5-8)9-2-4-12-7-9/h8-9,11H,1-7H2. The van der Waals surface area contributed by atoms with Crippen molar-refractivity contribution in [2.75, 3.05) is 31.2 Å². The molecule has 2 atom stereocenters. The molecule has 2 unspecified atom stereocenters. The second kappa shape index (κ2) is 3.99. The summed E-state index contributed by atoms with van der Waals surface area (Å²) in [6.07, 6.45) is 2.57. The predicted molar refractivity (Wildman–Crippen MR) is 52.5 cm³/mol. The van der Waals surface area contributed by atoms with Crippen molar-refractivity contribution in [2.45, 2.75) is 18.9 Å². The number of aliphatic hydroxyl groups excluding tert-OH is 1. The second-order valence-electron chi connectivity index (χ2n) is 3.85. The van der Waals surface area contributed by atoms with Crippen LogP contribution >= 0.6 is 11.8 Å². The average Bonchev–Trinajstić information content (AvgIpc) is 2.75. The first-order valence-corrected chi connectivity index (χ1v) is 5.98. The zero-order chi connectivity index (χ0) is 8.39. The molecule has 2 rings (SSSR count). The van der Waals surface area contributed by atoms with Gasteiger partial charge in [-0.05, 0) is 31.1 Å². The maximum absolute atomic E-state index is 8.99. The third kappa shape index (κ3) is 1.78. The summed E-state index contributed by atoms with van der Waals surface area (Å²) in [6.45, 7) is 2.74. The largest absolute Gasteiger partial charge is 0.396 e. The van der Waals surface area contributed by atoms with Gasteiger partial charge in [-0.15, -0.1) is 0 Å². The van der Waals surface area contributed by atoms with Crippen LogP contribution in [0.3, 0.4) is 0 Å². The molecule has 0 aromatic rings. The molecule has 12 heavy (non-hydrogen) atoms. The van der Waals surface area contributed by atoms with Crippen LogP contribution in [0.4, 0.5) is 0 Å². The molecule has 2 aliphatic heterocycles. The number of hydrogen-bond acceptors (Lipinski definition) is 3. The smallest absolute Gasteiger partial charge is 0.0471 e. The van der Waals surface area contributed by atoms with Gasteiger partial charge in [0.2, 0.25) is 0 Å². The fraction of sp³-hybridized carbons (Fsp3) is 1.00. The van der Waals surface area contributed by atoms with Crippen LogP contribution in [0.15, 0.2) is 0 Å². The Morgan fingerprint density at radius 3 is 2.92 bits per heavy atom. The minimum absolute atomic E-state index is 0.385. The molecule has 2 fully saturated rings. The number of rotatable bonds is 2. The summed E-state index contributed by atoms with van der Waals surface area (Å²) in [4.78, 5) is 2.57. The normalized spacial score (nSPS) is 37.8. The molecule has 0 amide bonds. The topological polar surface area (TPSA) is 23.5 Å². The second-order valence-corrected chi connectivity index (χ2v) is 5.00. The first-order chi connectivity index (χ1) is 5.90. The Bertz CT molecular complexity index is 147. The van der Waals surface area contributed by atoms with E-state index in [4.69, 9.17) is 5.11 Å². The molecule has 0 radical (unpaired) electrons. The average molecular weight is 187 g/mol. The van der Waals surface area contributed by atoms with Crippen molar-refractivity contribution >= 4 is 11.8 Å². The van der Waals surface area contributed by atoms with Crippen molar-refractivity contribution in [2.24, 2.45) is 5.92 Å². The lowest BCUT2D eigenvalue weighted by Crippen LogP contribution is -2.33. The van der Waals surface area contributed by atoms with Gasteiger partial charge in [-0.1, -0.05) is 0 Å². The molecule has 2 aliphatic rings.